The van der Waals surface area contributed by atoms with Crippen LogP contribution >= 0.6 is 0 Å². The lowest BCUT2D eigenvalue weighted by Crippen LogP contribution is -2.31. The molecule has 1 saturated heterocycles. The number of rotatable bonds is 6. The molecule has 0 spiro atoms. The highest BCUT2D eigenvalue weighted by Crippen LogP contribution is 2.39. The first-order chi connectivity index (χ1) is 15.9. The molecule has 7 heteroatoms. The number of pyridine rings is 1. The van der Waals surface area contributed by atoms with E-state index in [1.807, 2.05) is 6.92 Å². The number of hydrogen-bond acceptors (Lipinski definition) is 5. The van der Waals surface area contributed by atoms with Crippen LogP contribution in [0, 0.1) is 12.7 Å². The van der Waals surface area contributed by atoms with E-state index in [1.165, 1.54) is 17.0 Å². The molecule has 3 aromatic rings. The Morgan fingerprint density at radius 1 is 1.09 bits per heavy atom. The normalized spacial score (nSPS) is 17.4. The van der Waals surface area contributed by atoms with Gasteiger partial charge in [-0.05, 0) is 72.5 Å². The zero-order valence-corrected chi connectivity index (χ0v) is 18.3. The van der Waals surface area contributed by atoms with E-state index < -0.39 is 17.7 Å². The lowest BCUT2D eigenvalue weighted by molar-refractivity contribution is -0.139. The van der Waals surface area contributed by atoms with Gasteiger partial charge in [0.05, 0.1) is 18.7 Å². The third kappa shape index (κ3) is 4.35. The van der Waals surface area contributed by atoms with E-state index in [-0.39, 0.29) is 23.7 Å². The van der Waals surface area contributed by atoms with E-state index in [1.54, 1.807) is 62.0 Å². The summed E-state index contributed by atoms with van der Waals surface area (Å²) in [4.78, 5) is 31.6. The Balaban J connectivity index is 1.76. The van der Waals surface area contributed by atoms with Crippen LogP contribution in [0.25, 0.3) is 5.76 Å². The maximum absolute atomic E-state index is 13.2. The maximum Gasteiger partial charge on any atom is 0.295 e. The second kappa shape index (κ2) is 9.24. The molecular weight excluding hydrogens is 423 g/mol. The minimum Gasteiger partial charge on any atom is -0.507 e. The average Bonchev–Trinajstić information content (AvgIpc) is 3.08. The number of ether oxygens (including phenoxy) is 1. The van der Waals surface area contributed by atoms with Gasteiger partial charge in [0.25, 0.3) is 11.7 Å². The minimum atomic E-state index is -0.768. The molecule has 6 nitrogen and oxygen atoms in total. The highest BCUT2D eigenvalue weighted by atomic mass is 19.1. The molecule has 1 aromatic heterocycles. The Morgan fingerprint density at radius 2 is 1.79 bits per heavy atom. The molecule has 0 radical (unpaired) electrons. The molecule has 0 saturated carbocycles. The van der Waals surface area contributed by atoms with Gasteiger partial charge in [0.1, 0.15) is 17.3 Å². The molecular formula is C26H23FN2O4. The van der Waals surface area contributed by atoms with Crippen LogP contribution in [0.5, 0.6) is 5.75 Å². The highest BCUT2D eigenvalue weighted by molar-refractivity contribution is 6.46. The second-order valence-corrected chi connectivity index (χ2v) is 7.83. The van der Waals surface area contributed by atoms with Crippen LogP contribution < -0.4 is 4.74 Å². The fraction of sp³-hybridized carbons (Fsp3) is 0.192. The molecule has 4 rings (SSSR count). The molecule has 2 aromatic carbocycles. The Hall–Kier alpha value is -4.00. The highest BCUT2D eigenvalue weighted by Gasteiger charge is 2.45. The van der Waals surface area contributed by atoms with E-state index in [9.17, 15) is 19.1 Å². The van der Waals surface area contributed by atoms with Crippen molar-refractivity contribution in [3.05, 3.63) is 101 Å². The molecule has 1 aliphatic heterocycles. The van der Waals surface area contributed by atoms with E-state index in [0.29, 0.717) is 23.3 Å². The second-order valence-electron chi connectivity index (χ2n) is 7.83. The summed E-state index contributed by atoms with van der Waals surface area (Å²) in [5.41, 5.74) is 2.72. The zero-order valence-electron chi connectivity index (χ0n) is 18.3. The predicted octanol–water partition coefficient (Wildman–Crippen LogP) is 4.20. The van der Waals surface area contributed by atoms with Crippen molar-refractivity contribution in [3.63, 3.8) is 0 Å². The van der Waals surface area contributed by atoms with Crippen molar-refractivity contribution in [1.29, 1.82) is 0 Å². The van der Waals surface area contributed by atoms with Gasteiger partial charge in [0.15, 0.2) is 0 Å². The topological polar surface area (TPSA) is 79.7 Å². The summed E-state index contributed by atoms with van der Waals surface area (Å²) >= 11 is 0. The van der Waals surface area contributed by atoms with Gasteiger partial charge in [0, 0.05) is 24.5 Å². The number of aliphatic hydroxyl groups excluding tert-OH is 1. The number of ketones is 1. The number of aryl methyl sites for hydroxylation is 1. The lowest BCUT2D eigenvalue weighted by atomic mass is 9.95. The van der Waals surface area contributed by atoms with Crippen LogP contribution in [0.3, 0.4) is 0 Å². The molecule has 1 unspecified atom stereocenters. The molecule has 33 heavy (non-hydrogen) atoms. The molecule has 168 valence electrons. The van der Waals surface area contributed by atoms with Gasteiger partial charge in [-0.3, -0.25) is 14.6 Å². The first kappa shape index (κ1) is 22.2. The van der Waals surface area contributed by atoms with E-state index >= 15 is 0 Å². The largest absolute Gasteiger partial charge is 0.507 e. The van der Waals surface area contributed by atoms with Crippen LogP contribution in [-0.4, -0.2) is 40.3 Å². The number of carbonyl (C=O) groups excluding carboxylic acids is 2. The minimum absolute atomic E-state index is 0.0230. The van der Waals surface area contributed by atoms with Gasteiger partial charge in [-0.2, -0.15) is 0 Å². The van der Waals surface area contributed by atoms with Crippen molar-refractivity contribution in [2.75, 3.05) is 13.7 Å². The number of likely N-dealkylation sites (tertiary alicyclic amines) is 1. The molecule has 1 N–H and O–H groups in total. The molecule has 1 amide bonds. The summed E-state index contributed by atoms with van der Waals surface area (Å²) in [6.07, 6.45) is 3.58. The number of methoxy groups -OCH3 is 1. The standard InChI is InChI=1S/C26H23FN2O4/c1-16-15-19(5-8-21(16)33-2)24(30)22-23(18-9-12-28-13-10-18)29(26(32)25(22)31)14-11-17-3-6-20(27)7-4-17/h3-10,12-13,15,23,30H,11,14H2,1-2H3/b24-22-. The van der Waals surface area contributed by atoms with Crippen LogP contribution in [0.15, 0.2) is 72.6 Å². The number of halogens is 1. The molecule has 1 fully saturated rings. The van der Waals surface area contributed by atoms with E-state index in [4.69, 9.17) is 4.74 Å². The number of benzene rings is 2. The van der Waals surface area contributed by atoms with Crippen LogP contribution in [0.1, 0.15) is 28.3 Å². The summed E-state index contributed by atoms with van der Waals surface area (Å²) in [7, 11) is 1.55. The Bertz CT molecular complexity index is 1220. The zero-order chi connectivity index (χ0) is 23.5. The molecule has 0 aliphatic carbocycles. The maximum atomic E-state index is 13.2. The number of amides is 1. The van der Waals surface area contributed by atoms with Gasteiger partial charge >= 0.3 is 0 Å². The van der Waals surface area contributed by atoms with Crippen molar-refractivity contribution in [2.24, 2.45) is 0 Å². The van der Waals surface area contributed by atoms with E-state index in [2.05, 4.69) is 4.98 Å². The Labute approximate surface area is 191 Å². The van der Waals surface area contributed by atoms with Gasteiger partial charge in [-0.1, -0.05) is 12.1 Å². The fourth-order valence-electron chi connectivity index (χ4n) is 4.08. The van der Waals surface area contributed by atoms with Crippen molar-refractivity contribution in [2.45, 2.75) is 19.4 Å². The molecule has 1 atom stereocenters. The third-order valence-corrected chi connectivity index (χ3v) is 5.78. The van der Waals surface area contributed by atoms with Gasteiger partial charge in [-0.15, -0.1) is 0 Å². The van der Waals surface area contributed by atoms with Gasteiger partial charge < -0.3 is 14.7 Å². The first-order valence-electron chi connectivity index (χ1n) is 10.5. The number of carbonyl (C=O) groups is 2. The Morgan fingerprint density at radius 3 is 2.42 bits per heavy atom. The molecule has 0 bridgehead atoms. The summed E-state index contributed by atoms with van der Waals surface area (Å²) in [6.45, 7) is 2.05. The number of Topliss-reactive ketones (excluding diaryl/α,β-unsaturated/α-hetero) is 1. The van der Waals surface area contributed by atoms with Crippen molar-refractivity contribution >= 4 is 17.4 Å². The van der Waals surface area contributed by atoms with Crippen molar-refractivity contribution < 1.29 is 23.8 Å². The predicted molar refractivity (Wildman–Crippen MR) is 121 cm³/mol. The van der Waals surface area contributed by atoms with Gasteiger partial charge in [-0.25, -0.2) is 4.39 Å². The first-order valence-corrected chi connectivity index (χ1v) is 10.5. The summed E-state index contributed by atoms with van der Waals surface area (Å²) < 4.78 is 18.5. The monoisotopic (exact) mass is 446 g/mol. The average molecular weight is 446 g/mol. The molecule has 2 heterocycles. The van der Waals surface area contributed by atoms with Crippen LogP contribution in [-0.2, 0) is 16.0 Å². The third-order valence-electron chi connectivity index (χ3n) is 5.78. The fourth-order valence-corrected chi connectivity index (χ4v) is 4.08. The van der Waals surface area contributed by atoms with Crippen LogP contribution in [0.2, 0.25) is 0 Å². The summed E-state index contributed by atoms with van der Waals surface area (Å²) in [6, 6.07) is 13.7. The van der Waals surface area contributed by atoms with E-state index in [0.717, 1.165) is 11.1 Å². The smallest absolute Gasteiger partial charge is 0.295 e. The van der Waals surface area contributed by atoms with Gasteiger partial charge in [0.2, 0.25) is 0 Å². The van der Waals surface area contributed by atoms with Crippen molar-refractivity contribution in [1.82, 2.24) is 9.88 Å². The molecule has 1 aliphatic rings. The number of hydrogen-bond donors (Lipinski definition) is 1. The SMILES string of the molecule is COc1ccc(/C(O)=C2/C(=O)C(=O)N(CCc3ccc(F)cc3)C2c2ccncc2)cc1C. The summed E-state index contributed by atoms with van der Waals surface area (Å²) in [5.74, 6) is -1.37. The summed E-state index contributed by atoms with van der Waals surface area (Å²) in [5, 5.41) is 11.1. The quantitative estimate of drug-likeness (QED) is 0.349. The number of nitrogens with zero attached hydrogens (tertiary/aromatic N) is 2. The Kier molecular flexibility index (Phi) is 6.22. The lowest BCUT2D eigenvalue weighted by Gasteiger charge is -2.25. The number of aromatic nitrogens is 1. The van der Waals surface area contributed by atoms with Crippen LogP contribution in [0.4, 0.5) is 4.39 Å². The van der Waals surface area contributed by atoms with Crippen molar-refractivity contribution in [3.8, 4) is 5.75 Å². The number of aliphatic hydroxyl groups is 1.